The molecule has 0 fully saturated rings. The van der Waals surface area contributed by atoms with Crippen LogP contribution in [0, 0.1) is 24.7 Å². The standard InChI is InChI=1S/C31H38O4.2C3H8/c1-6-8-25(27(7-2)29(34)15-19(3)32)16-22-17-26-13-14-28(20(4)31(26)30(35)18-22)24-11-9-23(10-12-24)21(5)33;2*1-3-2/h9-14,22,25,27H,6-8,15-18H2,1-5H3;2*3H2,1-2H3. The summed E-state index contributed by atoms with van der Waals surface area (Å²) >= 11 is 0. The topological polar surface area (TPSA) is 68.3 Å². The molecule has 0 spiro atoms. The van der Waals surface area contributed by atoms with E-state index in [9.17, 15) is 19.2 Å². The number of carbonyl (C=O) groups excluding carboxylic acids is 4. The van der Waals surface area contributed by atoms with E-state index in [-0.39, 0.29) is 47.3 Å². The van der Waals surface area contributed by atoms with Gasteiger partial charge in [-0.15, -0.1) is 0 Å². The van der Waals surface area contributed by atoms with Crippen LogP contribution in [0.1, 0.15) is 139 Å². The number of fused-ring (bicyclic) bond motifs is 1. The molecule has 0 saturated carbocycles. The van der Waals surface area contributed by atoms with Crippen molar-refractivity contribution in [2.45, 2.75) is 120 Å². The summed E-state index contributed by atoms with van der Waals surface area (Å²) in [6.45, 7) is 17.7. The van der Waals surface area contributed by atoms with Crippen molar-refractivity contribution < 1.29 is 19.2 Å². The Balaban J connectivity index is 0.00000129. The molecule has 41 heavy (non-hydrogen) atoms. The highest BCUT2D eigenvalue weighted by Crippen LogP contribution is 2.38. The van der Waals surface area contributed by atoms with Crippen LogP contribution in [0.15, 0.2) is 36.4 Å². The lowest BCUT2D eigenvalue weighted by Gasteiger charge is -2.32. The Labute approximate surface area is 249 Å². The maximum Gasteiger partial charge on any atom is 0.163 e. The zero-order valence-corrected chi connectivity index (χ0v) is 27.2. The summed E-state index contributed by atoms with van der Waals surface area (Å²) in [6.07, 6.45) is 7.35. The van der Waals surface area contributed by atoms with Crippen molar-refractivity contribution in [3.05, 3.63) is 58.7 Å². The monoisotopic (exact) mass is 562 g/mol. The van der Waals surface area contributed by atoms with Crippen LogP contribution in [0.25, 0.3) is 11.1 Å². The molecular weight excluding hydrogens is 508 g/mol. The van der Waals surface area contributed by atoms with E-state index in [1.54, 1.807) is 6.92 Å². The van der Waals surface area contributed by atoms with Crippen molar-refractivity contribution in [2.24, 2.45) is 17.8 Å². The molecular formula is C37H54O4. The van der Waals surface area contributed by atoms with Crippen LogP contribution in [0.3, 0.4) is 0 Å². The molecule has 0 N–H and O–H groups in total. The Kier molecular flexibility index (Phi) is 16.3. The number of carbonyl (C=O) groups is 4. The minimum atomic E-state index is -0.113. The normalized spacial score (nSPS) is 15.3. The van der Waals surface area contributed by atoms with Crippen LogP contribution in [-0.2, 0) is 16.0 Å². The second-order valence-electron chi connectivity index (χ2n) is 11.7. The van der Waals surface area contributed by atoms with Gasteiger partial charge in [0.1, 0.15) is 11.6 Å². The molecule has 2 aromatic carbocycles. The van der Waals surface area contributed by atoms with E-state index in [4.69, 9.17) is 0 Å². The predicted octanol–water partition coefficient (Wildman–Crippen LogP) is 9.82. The molecule has 1 aliphatic rings. The third-order valence-corrected chi connectivity index (χ3v) is 7.56. The zero-order chi connectivity index (χ0) is 31.1. The number of benzene rings is 2. The molecule has 3 unspecified atom stereocenters. The maximum atomic E-state index is 13.3. The summed E-state index contributed by atoms with van der Waals surface area (Å²) in [6, 6.07) is 11.7. The van der Waals surface area contributed by atoms with Gasteiger partial charge in [0, 0.05) is 23.5 Å². The molecule has 4 nitrogen and oxygen atoms in total. The smallest absolute Gasteiger partial charge is 0.163 e. The predicted molar refractivity (Wildman–Crippen MR) is 172 cm³/mol. The first kappa shape index (κ1) is 36.1. The highest BCUT2D eigenvalue weighted by Gasteiger charge is 2.33. The van der Waals surface area contributed by atoms with Gasteiger partial charge >= 0.3 is 0 Å². The molecule has 0 aromatic heterocycles. The van der Waals surface area contributed by atoms with Gasteiger partial charge in [0.05, 0.1) is 6.42 Å². The third-order valence-electron chi connectivity index (χ3n) is 7.56. The lowest BCUT2D eigenvalue weighted by Crippen LogP contribution is -2.29. The van der Waals surface area contributed by atoms with Crippen LogP contribution in [0.4, 0.5) is 0 Å². The van der Waals surface area contributed by atoms with E-state index in [1.165, 1.54) is 19.8 Å². The first-order valence-electron chi connectivity index (χ1n) is 15.8. The number of Topliss-reactive ketones (excluding diaryl/α,β-unsaturated/α-hetero) is 4. The van der Waals surface area contributed by atoms with E-state index >= 15 is 0 Å². The summed E-state index contributed by atoms with van der Waals surface area (Å²) in [4.78, 5) is 49.3. The highest BCUT2D eigenvalue weighted by atomic mass is 16.1. The Hall–Kier alpha value is -2.88. The van der Waals surface area contributed by atoms with Crippen molar-refractivity contribution in [3.63, 3.8) is 0 Å². The van der Waals surface area contributed by atoms with Gasteiger partial charge in [0.2, 0.25) is 0 Å². The van der Waals surface area contributed by atoms with Crippen molar-refractivity contribution in [2.75, 3.05) is 0 Å². The summed E-state index contributed by atoms with van der Waals surface area (Å²) in [5, 5.41) is 0. The Morgan fingerprint density at radius 2 is 1.44 bits per heavy atom. The van der Waals surface area contributed by atoms with Crippen LogP contribution < -0.4 is 0 Å². The molecule has 1 aliphatic carbocycles. The second-order valence-corrected chi connectivity index (χ2v) is 11.7. The summed E-state index contributed by atoms with van der Waals surface area (Å²) in [5.41, 5.74) is 5.62. The van der Waals surface area contributed by atoms with Gasteiger partial charge in [-0.3, -0.25) is 19.2 Å². The molecule has 4 heteroatoms. The average molecular weight is 563 g/mol. The highest BCUT2D eigenvalue weighted by molar-refractivity contribution is 6.02. The number of ketones is 4. The van der Waals surface area contributed by atoms with Crippen LogP contribution in [-0.4, -0.2) is 23.1 Å². The van der Waals surface area contributed by atoms with E-state index in [1.807, 2.05) is 38.1 Å². The van der Waals surface area contributed by atoms with E-state index in [0.29, 0.717) is 12.0 Å². The fraction of sp³-hybridized carbons (Fsp3) is 0.568. The molecule has 226 valence electrons. The van der Waals surface area contributed by atoms with E-state index in [0.717, 1.165) is 59.9 Å². The Morgan fingerprint density at radius 1 is 0.854 bits per heavy atom. The largest absolute Gasteiger partial charge is 0.300 e. The van der Waals surface area contributed by atoms with Gasteiger partial charge in [-0.1, -0.05) is 104 Å². The zero-order valence-electron chi connectivity index (χ0n) is 27.2. The Bertz CT molecular complexity index is 1140. The molecule has 3 rings (SSSR count). The number of rotatable bonds is 11. The van der Waals surface area contributed by atoms with Gasteiger partial charge in [0.25, 0.3) is 0 Å². The van der Waals surface area contributed by atoms with E-state index in [2.05, 4.69) is 46.8 Å². The molecule has 0 amide bonds. The Morgan fingerprint density at radius 3 is 1.93 bits per heavy atom. The third kappa shape index (κ3) is 10.8. The molecule has 3 atom stereocenters. The van der Waals surface area contributed by atoms with Gasteiger partial charge < -0.3 is 0 Å². The molecule has 0 saturated heterocycles. The van der Waals surface area contributed by atoms with Crippen molar-refractivity contribution >= 4 is 23.1 Å². The maximum absolute atomic E-state index is 13.3. The van der Waals surface area contributed by atoms with Gasteiger partial charge in [-0.25, -0.2) is 0 Å². The van der Waals surface area contributed by atoms with Crippen molar-refractivity contribution in [3.8, 4) is 11.1 Å². The molecule has 0 radical (unpaired) electrons. The summed E-state index contributed by atoms with van der Waals surface area (Å²) in [7, 11) is 0. The minimum absolute atomic E-state index is 0.0144. The summed E-state index contributed by atoms with van der Waals surface area (Å²) < 4.78 is 0. The average Bonchev–Trinajstić information content (AvgIpc) is 2.90. The molecule has 0 heterocycles. The molecule has 0 bridgehead atoms. The lowest BCUT2D eigenvalue weighted by molar-refractivity contribution is -0.129. The fourth-order valence-electron chi connectivity index (χ4n) is 5.92. The van der Waals surface area contributed by atoms with Crippen LogP contribution in [0.2, 0.25) is 0 Å². The van der Waals surface area contributed by atoms with Crippen LogP contribution >= 0.6 is 0 Å². The first-order chi connectivity index (χ1) is 19.5. The van der Waals surface area contributed by atoms with Crippen molar-refractivity contribution in [1.82, 2.24) is 0 Å². The summed E-state index contributed by atoms with van der Waals surface area (Å²) in [5.74, 6) is 0.494. The van der Waals surface area contributed by atoms with Gasteiger partial charge in [-0.2, -0.15) is 0 Å². The number of hydrogen-bond acceptors (Lipinski definition) is 4. The van der Waals surface area contributed by atoms with Crippen molar-refractivity contribution in [1.29, 1.82) is 0 Å². The SMILES string of the molecule is CCC.CCC.CCCC(CC1CC(=O)c2c(ccc(-c3ccc(C(C)=O)cc3)c2C)C1)C(CC)C(=O)CC(C)=O. The fourth-order valence-corrected chi connectivity index (χ4v) is 5.92. The molecule has 2 aromatic rings. The first-order valence-corrected chi connectivity index (χ1v) is 15.8. The molecule has 0 aliphatic heterocycles. The minimum Gasteiger partial charge on any atom is -0.300 e. The quantitative estimate of drug-likeness (QED) is 0.202. The van der Waals surface area contributed by atoms with Crippen LogP contribution in [0.5, 0.6) is 0 Å². The second kappa shape index (κ2) is 18.5. The lowest BCUT2D eigenvalue weighted by atomic mass is 9.71. The van der Waals surface area contributed by atoms with Gasteiger partial charge in [-0.05, 0) is 74.1 Å². The number of hydrogen-bond donors (Lipinski definition) is 0. The van der Waals surface area contributed by atoms with E-state index < -0.39 is 0 Å². The van der Waals surface area contributed by atoms with Gasteiger partial charge in [0.15, 0.2) is 11.6 Å².